The fourth-order valence-corrected chi connectivity index (χ4v) is 3.68. The number of piperazine rings is 1. The third kappa shape index (κ3) is 4.34. The number of carbonyl (C=O) groups is 1. The second kappa shape index (κ2) is 7.74. The number of hydrogen-bond donors (Lipinski definition) is 2. The summed E-state index contributed by atoms with van der Waals surface area (Å²) in [5.74, 6) is 1.26. The lowest BCUT2D eigenvalue weighted by molar-refractivity contribution is -0.122. The SMILES string of the molecule is COc1ccc2ccc(O)c(CN3CCN(CC(=O)NC4CC4)CC3)c2c1. The van der Waals surface area contributed by atoms with Crippen molar-refractivity contribution in [2.75, 3.05) is 39.8 Å². The molecular weight excluding hydrogens is 342 g/mol. The summed E-state index contributed by atoms with van der Waals surface area (Å²) in [6, 6.07) is 10.1. The maximum Gasteiger partial charge on any atom is 0.234 e. The Hall–Kier alpha value is -2.31. The summed E-state index contributed by atoms with van der Waals surface area (Å²) >= 11 is 0. The lowest BCUT2D eigenvalue weighted by atomic mass is 10.0. The van der Waals surface area contributed by atoms with E-state index < -0.39 is 0 Å². The van der Waals surface area contributed by atoms with Gasteiger partial charge in [0.15, 0.2) is 0 Å². The predicted molar refractivity (Wildman–Crippen MR) is 105 cm³/mol. The number of nitrogens with one attached hydrogen (secondary N) is 1. The molecule has 1 amide bonds. The van der Waals surface area contributed by atoms with Crippen molar-refractivity contribution in [2.45, 2.75) is 25.4 Å². The molecule has 27 heavy (non-hydrogen) atoms. The highest BCUT2D eigenvalue weighted by Crippen LogP contribution is 2.31. The van der Waals surface area contributed by atoms with Crippen LogP contribution in [0.5, 0.6) is 11.5 Å². The fraction of sp³-hybridized carbons (Fsp3) is 0.476. The monoisotopic (exact) mass is 369 g/mol. The molecule has 1 saturated heterocycles. The maximum absolute atomic E-state index is 12.0. The Bertz CT molecular complexity index is 827. The summed E-state index contributed by atoms with van der Waals surface area (Å²) in [7, 11) is 1.65. The van der Waals surface area contributed by atoms with Crippen LogP contribution in [-0.2, 0) is 11.3 Å². The van der Waals surface area contributed by atoms with E-state index >= 15 is 0 Å². The molecule has 6 nitrogen and oxygen atoms in total. The highest BCUT2D eigenvalue weighted by molar-refractivity contribution is 5.89. The number of fused-ring (bicyclic) bond motifs is 1. The quantitative estimate of drug-likeness (QED) is 0.815. The number of ether oxygens (including phenoxy) is 1. The van der Waals surface area contributed by atoms with Crippen molar-refractivity contribution in [3.05, 3.63) is 35.9 Å². The van der Waals surface area contributed by atoms with Gasteiger partial charge in [0.05, 0.1) is 13.7 Å². The largest absolute Gasteiger partial charge is 0.508 e. The van der Waals surface area contributed by atoms with Crippen molar-refractivity contribution >= 4 is 16.7 Å². The fourth-order valence-electron chi connectivity index (χ4n) is 3.68. The molecule has 2 fully saturated rings. The van der Waals surface area contributed by atoms with Crippen LogP contribution in [0.2, 0.25) is 0 Å². The Morgan fingerprint density at radius 2 is 1.85 bits per heavy atom. The van der Waals surface area contributed by atoms with Gasteiger partial charge < -0.3 is 15.2 Å². The summed E-state index contributed by atoms with van der Waals surface area (Å²) in [6.45, 7) is 4.69. The molecule has 0 radical (unpaired) electrons. The molecule has 0 bridgehead atoms. The lowest BCUT2D eigenvalue weighted by Crippen LogP contribution is -2.49. The van der Waals surface area contributed by atoms with Crippen LogP contribution in [0.15, 0.2) is 30.3 Å². The number of phenols is 1. The molecule has 4 rings (SSSR count). The second-order valence-corrected chi connectivity index (χ2v) is 7.54. The first-order valence-electron chi connectivity index (χ1n) is 9.65. The summed E-state index contributed by atoms with van der Waals surface area (Å²) in [5, 5.41) is 15.6. The van der Waals surface area contributed by atoms with E-state index in [0.717, 1.165) is 61.1 Å². The second-order valence-electron chi connectivity index (χ2n) is 7.54. The minimum atomic E-state index is 0.143. The normalized spacial score (nSPS) is 18.6. The molecule has 2 N–H and O–H groups in total. The molecule has 1 saturated carbocycles. The van der Waals surface area contributed by atoms with Crippen LogP contribution in [0, 0.1) is 0 Å². The summed E-state index contributed by atoms with van der Waals surface area (Å²) in [6.07, 6.45) is 2.25. The van der Waals surface area contributed by atoms with E-state index in [1.807, 2.05) is 24.3 Å². The third-order valence-electron chi connectivity index (χ3n) is 5.47. The number of hydrogen-bond acceptors (Lipinski definition) is 5. The van der Waals surface area contributed by atoms with Crippen molar-refractivity contribution in [1.82, 2.24) is 15.1 Å². The number of amides is 1. The van der Waals surface area contributed by atoms with Gasteiger partial charge in [0.1, 0.15) is 11.5 Å². The Labute approximate surface area is 159 Å². The van der Waals surface area contributed by atoms with Crippen LogP contribution in [0.4, 0.5) is 0 Å². The van der Waals surface area contributed by atoms with Crippen LogP contribution in [0.1, 0.15) is 18.4 Å². The molecule has 1 heterocycles. The number of rotatable bonds is 6. The topological polar surface area (TPSA) is 65.0 Å². The first-order valence-corrected chi connectivity index (χ1v) is 9.65. The van der Waals surface area contributed by atoms with Gasteiger partial charge in [0.2, 0.25) is 5.91 Å². The minimum Gasteiger partial charge on any atom is -0.508 e. The molecule has 6 heteroatoms. The molecule has 0 unspecified atom stereocenters. The average Bonchev–Trinajstić information content (AvgIpc) is 3.49. The van der Waals surface area contributed by atoms with Crippen LogP contribution >= 0.6 is 0 Å². The number of aromatic hydroxyl groups is 1. The van der Waals surface area contributed by atoms with Crippen LogP contribution in [-0.4, -0.2) is 66.7 Å². The minimum absolute atomic E-state index is 0.143. The van der Waals surface area contributed by atoms with E-state index in [0.29, 0.717) is 24.9 Å². The Balaban J connectivity index is 1.39. The van der Waals surface area contributed by atoms with Gasteiger partial charge >= 0.3 is 0 Å². The predicted octanol–water partition coefficient (Wildman–Crippen LogP) is 1.95. The van der Waals surface area contributed by atoms with E-state index in [1.165, 1.54) is 0 Å². The summed E-state index contributed by atoms with van der Waals surface area (Å²) in [5.41, 5.74) is 0.936. The van der Waals surface area contributed by atoms with E-state index in [-0.39, 0.29) is 5.91 Å². The van der Waals surface area contributed by atoms with E-state index in [1.54, 1.807) is 13.2 Å². The Morgan fingerprint density at radius 3 is 2.56 bits per heavy atom. The zero-order valence-electron chi connectivity index (χ0n) is 15.8. The van der Waals surface area contributed by atoms with Crippen LogP contribution in [0.3, 0.4) is 0 Å². The highest BCUT2D eigenvalue weighted by Gasteiger charge is 2.25. The smallest absolute Gasteiger partial charge is 0.234 e. The van der Waals surface area contributed by atoms with Crippen molar-refractivity contribution in [3.8, 4) is 11.5 Å². The van der Waals surface area contributed by atoms with Gasteiger partial charge in [-0.25, -0.2) is 0 Å². The summed E-state index contributed by atoms with van der Waals surface area (Å²) in [4.78, 5) is 16.5. The van der Waals surface area contributed by atoms with Crippen LogP contribution in [0.25, 0.3) is 10.8 Å². The van der Waals surface area contributed by atoms with Gasteiger partial charge in [-0.1, -0.05) is 12.1 Å². The standard InChI is InChI=1S/C21H27N3O3/c1-27-17-6-2-15-3-7-20(25)19(18(15)12-17)13-23-8-10-24(11-9-23)14-21(26)22-16-4-5-16/h2-3,6-7,12,16,25H,4-5,8-11,13-14H2,1H3,(H,22,26). The zero-order chi connectivity index (χ0) is 18.8. The molecule has 2 aromatic carbocycles. The number of phenolic OH excluding ortho intramolecular Hbond substituents is 1. The molecule has 2 aromatic rings. The van der Waals surface area contributed by atoms with Gasteiger partial charge in [-0.05, 0) is 41.8 Å². The lowest BCUT2D eigenvalue weighted by Gasteiger charge is -2.34. The molecule has 0 aromatic heterocycles. The van der Waals surface area contributed by atoms with Crippen molar-refractivity contribution < 1.29 is 14.6 Å². The van der Waals surface area contributed by atoms with E-state index in [9.17, 15) is 9.90 Å². The van der Waals surface area contributed by atoms with Gasteiger partial charge in [0.25, 0.3) is 0 Å². The average molecular weight is 369 g/mol. The molecule has 0 spiro atoms. The zero-order valence-corrected chi connectivity index (χ0v) is 15.8. The highest BCUT2D eigenvalue weighted by atomic mass is 16.5. The van der Waals surface area contributed by atoms with Crippen molar-refractivity contribution in [2.24, 2.45) is 0 Å². The van der Waals surface area contributed by atoms with Gasteiger partial charge in [-0.2, -0.15) is 0 Å². The molecule has 1 aliphatic heterocycles. The number of benzene rings is 2. The maximum atomic E-state index is 12.0. The molecule has 2 aliphatic rings. The number of nitrogens with zero attached hydrogens (tertiary/aromatic N) is 2. The third-order valence-corrected chi connectivity index (χ3v) is 5.47. The van der Waals surface area contributed by atoms with E-state index in [2.05, 4.69) is 15.1 Å². The first-order chi connectivity index (χ1) is 13.1. The Kier molecular flexibility index (Phi) is 5.18. The first kappa shape index (κ1) is 18.1. The van der Waals surface area contributed by atoms with Gasteiger partial charge in [-0.15, -0.1) is 0 Å². The molecular formula is C21H27N3O3. The molecule has 144 valence electrons. The molecule has 0 atom stereocenters. The van der Waals surface area contributed by atoms with Gasteiger partial charge in [-0.3, -0.25) is 14.6 Å². The van der Waals surface area contributed by atoms with Crippen LogP contribution < -0.4 is 10.1 Å². The van der Waals surface area contributed by atoms with Crippen molar-refractivity contribution in [1.29, 1.82) is 0 Å². The number of carbonyl (C=O) groups excluding carboxylic acids is 1. The van der Waals surface area contributed by atoms with E-state index in [4.69, 9.17) is 4.74 Å². The number of methoxy groups -OCH3 is 1. The Morgan fingerprint density at radius 1 is 1.15 bits per heavy atom. The molecule has 1 aliphatic carbocycles. The summed E-state index contributed by atoms with van der Waals surface area (Å²) < 4.78 is 5.35. The van der Waals surface area contributed by atoms with Crippen molar-refractivity contribution in [3.63, 3.8) is 0 Å². The van der Waals surface area contributed by atoms with Gasteiger partial charge in [0, 0.05) is 44.3 Å².